The lowest BCUT2D eigenvalue weighted by atomic mass is 10.0. The molecule has 0 N–H and O–H groups in total. The molecule has 0 atom stereocenters. The van der Waals surface area contributed by atoms with Gasteiger partial charge in [-0.2, -0.15) is 0 Å². The molecule has 0 saturated carbocycles. The van der Waals surface area contributed by atoms with Crippen molar-refractivity contribution in [3.63, 3.8) is 0 Å². The van der Waals surface area contributed by atoms with Crippen LogP contribution >= 0.6 is 0 Å². The number of benzene rings is 7. The molecule has 0 aliphatic rings. The van der Waals surface area contributed by atoms with E-state index >= 15 is 0 Å². The van der Waals surface area contributed by atoms with Crippen molar-refractivity contribution in [3.05, 3.63) is 164 Å². The van der Waals surface area contributed by atoms with Gasteiger partial charge in [0.1, 0.15) is 28.1 Å². The molecule has 4 heterocycles. The average Bonchev–Trinajstić information content (AvgIpc) is 3.86. The smallest absolute Gasteiger partial charge is 0.162 e. The van der Waals surface area contributed by atoms with E-state index in [0.29, 0.717) is 5.82 Å². The Bertz CT molecular complexity index is 3130. The third-order valence-electron chi connectivity index (χ3n) is 10.0. The molecule has 11 rings (SSSR count). The molecule has 0 radical (unpaired) electrons. The number of para-hydroxylation sites is 3. The van der Waals surface area contributed by atoms with E-state index in [1.807, 2.05) is 48.5 Å². The first kappa shape index (κ1) is 27.9. The van der Waals surface area contributed by atoms with Crippen LogP contribution in [-0.4, -0.2) is 14.5 Å². The van der Waals surface area contributed by atoms with E-state index in [2.05, 4.69) is 120 Å². The number of fused-ring (bicyclic) bond motifs is 9. The van der Waals surface area contributed by atoms with E-state index < -0.39 is 0 Å². The summed E-state index contributed by atoms with van der Waals surface area (Å²) in [5.74, 6) is 1.41. The van der Waals surface area contributed by atoms with Crippen LogP contribution in [0.1, 0.15) is 0 Å². The van der Waals surface area contributed by atoms with Gasteiger partial charge in [0.25, 0.3) is 0 Å². The van der Waals surface area contributed by atoms with Crippen LogP contribution in [0.25, 0.3) is 105 Å². The normalized spacial score (nSPS) is 11.9. The molecule has 51 heavy (non-hydrogen) atoms. The van der Waals surface area contributed by atoms with Crippen molar-refractivity contribution in [1.29, 1.82) is 0 Å². The molecule has 5 heteroatoms. The fourth-order valence-corrected chi connectivity index (χ4v) is 7.68. The van der Waals surface area contributed by atoms with Gasteiger partial charge in [-0.05, 0) is 47.5 Å². The zero-order valence-electron chi connectivity index (χ0n) is 27.2. The van der Waals surface area contributed by atoms with Gasteiger partial charge < -0.3 is 8.83 Å². The van der Waals surface area contributed by atoms with Gasteiger partial charge in [-0.3, -0.25) is 4.57 Å². The van der Waals surface area contributed by atoms with Crippen molar-refractivity contribution < 1.29 is 8.83 Å². The highest BCUT2D eigenvalue weighted by Gasteiger charge is 2.21. The Balaban J connectivity index is 1.21. The van der Waals surface area contributed by atoms with Crippen molar-refractivity contribution in [2.75, 3.05) is 0 Å². The predicted molar refractivity (Wildman–Crippen MR) is 207 cm³/mol. The molecule has 11 aromatic rings. The summed E-state index contributed by atoms with van der Waals surface area (Å²) in [6.07, 6.45) is 0. The average molecular weight is 654 g/mol. The van der Waals surface area contributed by atoms with Gasteiger partial charge in [0.2, 0.25) is 0 Å². The Hall–Kier alpha value is -6.98. The van der Waals surface area contributed by atoms with E-state index in [9.17, 15) is 0 Å². The van der Waals surface area contributed by atoms with E-state index in [4.69, 9.17) is 18.8 Å². The van der Waals surface area contributed by atoms with E-state index in [1.54, 1.807) is 0 Å². The molecule has 0 saturated heterocycles. The largest absolute Gasteiger partial charge is 0.456 e. The number of aromatic nitrogens is 3. The Morgan fingerprint density at radius 3 is 1.88 bits per heavy atom. The van der Waals surface area contributed by atoms with Gasteiger partial charge in [0.05, 0.1) is 16.7 Å². The molecule has 238 valence electrons. The first-order valence-electron chi connectivity index (χ1n) is 17.1. The van der Waals surface area contributed by atoms with Crippen molar-refractivity contribution in [2.24, 2.45) is 0 Å². The van der Waals surface area contributed by atoms with Gasteiger partial charge in [-0.1, -0.05) is 121 Å². The van der Waals surface area contributed by atoms with Crippen LogP contribution in [0.2, 0.25) is 0 Å². The summed E-state index contributed by atoms with van der Waals surface area (Å²) in [7, 11) is 0. The minimum absolute atomic E-state index is 0.632. The standard InChI is InChI=1S/C46H27N3O2/c1-2-11-28(12-3-1)29-21-23-30(24-22-29)37-27-44(48-46(47-37)34-16-10-20-42-45(34)33-15-6-9-19-41(33)50-42)49-38-17-7-4-13-31(38)35-26-43-36(25-39(35)49)32-14-5-8-18-40(32)51-43/h1-27H. The van der Waals surface area contributed by atoms with Gasteiger partial charge in [-0.15, -0.1) is 0 Å². The topological polar surface area (TPSA) is 57.0 Å². The predicted octanol–water partition coefficient (Wildman–Crippen LogP) is 12.4. The summed E-state index contributed by atoms with van der Waals surface area (Å²) in [5.41, 5.74) is 10.6. The number of hydrogen-bond donors (Lipinski definition) is 0. The quantitative estimate of drug-likeness (QED) is 0.190. The fraction of sp³-hybridized carbons (Fsp3) is 0. The molecule has 7 aromatic carbocycles. The summed E-state index contributed by atoms with van der Waals surface area (Å²) in [4.78, 5) is 10.7. The number of hydrogen-bond acceptors (Lipinski definition) is 4. The SMILES string of the molecule is c1ccc(-c2ccc(-c3cc(-n4c5ccccc5c5cc6oc7ccccc7c6cc54)nc(-c4cccc5oc6ccccc6c45)n3)cc2)cc1. The highest BCUT2D eigenvalue weighted by atomic mass is 16.3. The maximum atomic E-state index is 6.34. The molecule has 0 unspecified atom stereocenters. The minimum atomic E-state index is 0.632. The highest BCUT2D eigenvalue weighted by Crippen LogP contribution is 2.40. The molecule has 0 amide bonds. The molecule has 0 aliphatic carbocycles. The Labute approximate surface area is 291 Å². The van der Waals surface area contributed by atoms with Crippen LogP contribution < -0.4 is 0 Å². The molecule has 0 fully saturated rings. The summed E-state index contributed by atoms with van der Waals surface area (Å²) < 4.78 is 14.9. The second-order valence-electron chi connectivity index (χ2n) is 13.0. The van der Waals surface area contributed by atoms with Crippen molar-refractivity contribution in [1.82, 2.24) is 14.5 Å². The zero-order chi connectivity index (χ0) is 33.5. The number of nitrogens with zero attached hydrogens (tertiary/aromatic N) is 3. The Kier molecular flexibility index (Phi) is 5.89. The second-order valence-corrected chi connectivity index (χ2v) is 13.0. The van der Waals surface area contributed by atoms with Gasteiger partial charge in [-0.25, -0.2) is 9.97 Å². The monoisotopic (exact) mass is 653 g/mol. The van der Waals surface area contributed by atoms with E-state index in [1.165, 1.54) is 5.56 Å². The van der Waals surface area contributed by atoms with Crippen LogP contribution in [0.4, 0.5) is 0 Å². The Morgan fingerprint density at radius 2 is 1.04 bits per heavy atom. The highest BCUT2D eigenvalue weighted by molar-refractivity contribution is 6.17. The van der Waals surface area contributed by atoms with E-state index in [-0.39, 0.29) is 0 Å². The molecule has 0 aliphatic heterocycles. The third-order valence-corrected chi connectivity index (χ3v) is 10.0. The summed E-state index contributed by atoms with van der Waals surface area (Å²) in [6, 6.07) is 56.6. The van der Waals surface area contributed by atoms with Crippen molar-refractivity contribution >= 4 is 65.7 Å². The van der Waals surface area contributed by atoms with Crippen LogP contribution in [0.15, 0.2) is 173 Å². The number of furan rings is 2. The van der Waals surface area contributed by atoms with Crippen LogP contribution in [0.5, 0.6) is 0 Å². The second kappa shape index (κ2) is 10.8. The molecule has 4 aromatic heterocycles. The first-order valence-corrected chi connectivity index (χ1v) is 17.1. The maximum absolute atomic E-state index is 6.34. The molecule has 0 spiro atoms. The lowest BCUT2D eigenvalue weighted by molar-refractivity contribution is 0.669. The fourth-order valence-electron chi connectivity index (χ4n) is 7.68. The maximum Gasteiger partial charge on any atom is 0.162 e. The van der Waals surface area contributed by atoms with Gasteiger partial charge in [0.15, 0.2) is 5.82 Å². The van der Waals surface area contributed by atoms with Crippen LogP contribution in [0.3, 0.4) is 0 Å². The molecular weight excluding hydrogens is 627 g/mol. The van der Waals surface area contributed by atoms with Crippen molar-refractivity contribution in [2.45, 2.75) is 0 Å². The summed E-state index contributed by atoms with van der Waals surface area (Å²) in [5, 5.41) is 6.44. The lowest BCUT2D eigenvalue weighted by Gasteiger charge is -2.13. The van der Waals surface area contributed by atoms with Crippen molar-refractivity contribution in [3.8, 4) is 39.6 Å². The van der Waals surface area contributed by atoms with E-state index in [0.717, 1.165) is 93.9 Å². The first-order chi connectivity index (χ1) is 25.3. The lowest BCUT2D eigenvalue weighted by Crippen LogP contribution is -2.02. The summed E-state index contributed by atoms with van der Waals surface area (Å²) in [6.45, 7) is 0. The Morgan fingerprint density at radius 1 is 0.392 bits per heavy atom. The summed E-state index contributed by atoms with van der Waals surface area (Å²) >= 11 is 0. The molecule has 0 bridgehead atoms. The van der Waals surface area contributed by atoms with Gasteiger partial charge >= 0.3 is 0 Å². The zero-order valence-corrected chi connectivity index (χ0v) is 27.2. The van der Waals surface area contributed by atoms with Crippen LogP contribution in [0, 0.1) is 0 Å². The molecule has 5 nitrogen and oxygen atoms in total. The van der Waals surface area contributed by atoms with Gasteiger partial charge in [0, 0.05) is 49.5 Å². The van der Waals surface area contributed by atoms with Crippen LogP contribution in [-0.2, 0) is 0 Å². The minimum Gasteiger partial charge on any atom is -0.456 e. The third kappa shape index (κ3) is 4.28. The number of rotatable bonds is 4. The molecular formula is C46H27N3O2.